The molecular weight excluding hydrogens is 322 g/mol. The van der Waals surface area contributed by atoms with Crippen molar-refractivity contribution in [2.24, 2.45) is 5.73 Å². The lowest BCUT2D eigenvalue weighted by Crippen LogP contribution is -2.25. The Balaban J connectivity index is 0.000000146. The number of nitrogens with two attached hydrogens (primary N) is 1. The number of hydrogen-bond donors (Lipinski definition) is 4. The number of para-hydroxylation sites is 1. The molecule has 0 saturated heterocycles. The zero-order chi connectivity index (χ0) is 17.8. The number of carboxylic acids is 1. The molecule has 0 spiro atoms. The number of amides is 1. The molecule has 1 aliphatic rings. The van der Waals surface area contributed by atoms with Gasteiger partial charge < -0.3 is 25.9 Å². The van der Waals surface area contributed by atoms with Gasteiger partial charge in [-0.1, -0.05) is 24.3 Å². The first-order valence-electron chi connectivity index (χ1n) is 7.63. The third-order valence-electron chi connectivity index (χ3n) is 3.67. The summed E-state index contributed by atoms with van der Waals surface area (Å²) in [5, 5.41) is 12.3. The minimum absolute atomic E-state index is 0.0922. The second-order valence-electron chi connectivity index (χ2n) is 5.45. The first-order valence-corrected chi connectivity index (χ1v) is 7.63. The Morgan fingerprint density at radius 2 is 2.00 bits per heavy atom. The molecule has 0 bridgehead atoms. The number of rotatable bonds is 2. The lowest BCUT2D eigenvalue weighted by molar-refractivity contribution is -0.118. The van der Waals surface area contributed by atoms with Crippen LogP contribution < -0.4 is 15.8 Å². The molecule has 3 aromatic rings. The van der Waals surface area contributed by atoms with Crippen molar-refractivity contribution >= 4 is 28.5 Å². The van der Waals surface area contributed by atoms with Gasteiger partial charge in [-0.2, -0.15) is 0 Å². The summed E-state index contributed by atoms with van der Waals surface area (Å²) in [4.78, 5) is 24.3. The fourth-order valence-electron chi connectivity index (χ4n) is 2.45. The monoisotopic (exact) mass is 339 g/mol. The highest BCUT2D eigenvalue weighted by molar-refractivity contribution is 5.95. The molecule has 0 atom stereocenters. The fraction of sp³-hybridized carbons (Fsp3) is 0.111. The summed E-state index contributed by atoms with van der Waals surface area (Å²) in [5.41, 5.74) is 8.24. The van der Waals surface area contributed by atoms with Crippen molar-refractivity contribution < 1.29 is 19.4 Å². The molecule has 2 heterocycles. The number of aromatic nitrogens is 1. The van der Waals surface area contributed by atoms with E-state index in [0.29, 0.717) is 18.0 Å². The van der Waals surface area contributed by atoms with Crippen LogP contribution >= 0.6 is 0 Å². The molecule has 4 rings (SSSR count). The van der Waals surface area contributed by atoms with Gasteiger partial charge in [0.15, 0.2) is 6.61 Å². The smallest absolute Gasteiger partial charge is 0.352 e. The van der Waals surface area contributed by atoms with E-state index in [2.05, 4.69) is 10.3 Å². The predicted molar refractivity (Wildman–Crippen MR) is 93.7 cm³/mol. The summed E-state index contributed by atoms with van der Waals surface area (Å²) in [6, 6.07) is 14.6. The summed E-state index contributed by atoms with van der Waals surface area (Å²) in [5.74, 6) is -0.343. The second-order valence-corrected chi connectivity index (χ2v) is 5.45. The van der Waals surface area contributed by atoms with Gasteiger partial charge in [0.1, 0.15) is 11.4 Å². The van der Waals surface area contributed by atoms with Crippen molar-refractivity contribution in [1.29, 1.82) is 0 Å². The van der Waals surface area contributed by atoms with Crippen LogP contribution in [0.1, 0.15) is 16.1 Å². The van der Waals surface area contributed by atoms with Crippen LogP contribution in [0.2, 0.25) is 0 Å². The lowest BCUT2D eigenvalue weighted by atomic mass is 10.1. The Hall–Kier alpha value is -3.32. The Labute approximate surface area is 143 Å². The number of carbonyl (C=O) groups excluding carboxylic acids is 1. The summed E-state index contributed by atoms with van der Waals surface area (Å²) >= 11 is 0. The molecule has 0 aliphatic carbocycles. The number of anilines is 1. The first-order chi connectivity index (χ1) is 12.1. The first kappa shape index (κ1) is 16.5. The van der Waals surface area contributed by atoms with Crippen LogP contribution in [0.4, 0.5) is 5.69 Å². The van der Waals surface area contributed by atoms with E-state index < -0.39 is 5.97 Å². The molecule has 5 N–H and O–H groups in total. The van der Waals surface area contributed by atoms with Gasteiger partial charge in [-0.05, 0) is 29.8 Å². The quantitative estimate of drug-likeness (QED) is 0.572. The molecule has 25 heavy (non-hydrogen) atoms. The molecule has 0 unspecified atom stereocenters. The highest BCUT2D eigenvalue weighted by Crippen LogP contribution is 2.28. The molecule has 7 heteroatoms. The van der Waals surface area contributed by atoms with Gasteiger partial charge >= 0.3 is 5.97 Å². The number of H-pyrrole nitrogens is 1. The van der Waals surface area contributed by atoms with Crippen LogP contribution in [0, 0.1) is 0 Å². The van der Waals surface area contributed by atoms with E-state index in [-0.39, 0.29) is 18.2 Å². The number of hydrogen-bond acceptors (Lipinski definition) is 4. The molecule has 0 fully saturated rings. The van der Waals surface area contributed by atoms with Crippen molar-refractivity contribution in [3.05, 3.63) is 59.8 Å². The molecule has 2 aromatic carbocycles. The maximum absolute atomic E-state index is 11.0. The Bertz CT molecular complexity index is 900. The van der Waals surface area contributed by atoms with Gasteiger partial charge in [0.25, 0.3) is 5.91 Å². The average Bonchev–Trinajstić information content (AvgIpc) is 3.06. The van der Waals surface area contributed by atoms with Gasteiger partial charge in [0, 0.05) is 17.4 Å². The summed E-state index contributed by atoms with van der Waals surface area (Å²) in [6.45, 7) is 0.554. The van der Waals surface area contributed by atoms with Crippen LogP contribution in [-0.2, 0) is 11.3 Å². The van der Waals surface area contributed by atoms with Crippen LogP contribution in [0.15, 0.2) is 48.5 Å². The summed E-state index contributed by atoms with van der Waals surface area (Å²) < 4.78 is 5.18. The normalized spacial score (nSPS) is 12.4. The third-order valence-corrected chi connectivity index (χ3v) is 3.67. The van der Waals surface area contributed by atoms with E-state index in [1.54, 1.807) is 6.07 Å². The number of benzene rings is 2. The van der Waals surface area contributed by atoms with E-state index in [0.717, 1.165) is 16.5 Å². The van der Waals surface area contributed by atoms with Crippen molar-refractivity contribution in [3.8, 4) is 5.75 Å². The number of nitrogens with one attached hydrogen (secondary N) is 2. The molecular formula is C18H17N3O4. The standard InChI is InChI=1S/C9H10N2O2.C9H7NO2/c10-4-6-1-2-8-7(3-6)11-9(12)5-13-8;11-9(12)8-5-6-3-1-2-4-7(6)10-8/h1-3H,4-5,10H2,(H,11,12);1-5,10H,(H,11,12). The number of aromatic carboxylic acids is 1. The molecule has 128 valence electrons. The van der Waals surface area contributed by atoms with E-state index in [1.165, 1.54) is 0 Å². The fourth-order valence-corrected chi connectivity index (χ4v) is 2.45. The number of carboxylic acid groups (broad SMARTS) is 1. The van der Waals surface area contributed by atoms with E-state index in [4.69, 9.17) is 15.6 Å². The molecule has 1 amide bonds. The van der Waals surface area contributed by atoms with Gasteiger partial charge in [-0.25, -0.2) is 4.79 Å². The highest BCUT2D eigenvalue weighted by atomic mass is 16.5. The second kappa shape index (κ2) is 7.06. The topological polar surface area (TPSA) is 117 Å². The van der Waals surface area contributed by atoms with Gasteiger partial charge in [0.2, 0.25) is 0 Å². The predicted octanol–water partition coefficient (Wildman–Crippen LogP) is 2.34. The zero-order valence-electron chi connectivity index (χ0n) is 13.3. The Kier molecular flexibility index (Phi) is 4.67. The average molecular weight is 339 g/mol. The maximum Gasteiger partial charge on any atom is 0.352 e. The number of carbonyl (C=O) groups is 2. The largest absolute Gasteiger partial charge is 0.482 e. The number of aromatic amines is 1. The van der Waals surface area contributed by atoms with E-state index in [1.807, 2.05) is 42.5 Å². The molecule has 0 saturated carbocycles. The third kappa shape index (κ3) is 3.78. The minimum Gasteiger partial charge on any atom is -0.482 e. The number of ether oxygens (including phenoxy) is 1. The van der Waals surface area contributed by atoms with Crippen molar-refractivity contribution in [1.82, 2.24) is 4.98 Å². The Morgan fingerprint density at radius 1 is 1.20 bits per heavy atom. The lowest BCUT2D eigenvalue weighted by Gasteiger charge is -2.18. The van der Waals surface area contributed by atoms with Crippen molar-refractivity contribution in [2.75, 3.05) is 11.9 Å². The van der Waals surface area contributed by atoms with Gasteiger partial charge in [-0.3, -0.25) is 4.79 Å². The van der Waals surface area contributed by atoms with Crippen molar-refractivity contribution in [3.63, 3.8) is 0 Å². The molecule has 0 radical (unpaired) electrons. The summed E-state index contributed by atoms with van der Waals surface area (Å²) in [6.07, 6.45) is 0. The Morgan fingerprint density at radius 3 is 2.72 bits per heavy atom. The molecule has 1 aromatic heterocycles. The minimum atomic E-state index is -0.925. The van der Waals surface area contributed by atoms with Crippen LogP contribution in [0.3, 0.4) is 0 Å². The van der Waals surface area contributed by atoms with E-state index >= 15 is 0 Å². The zero-order valence-corrected chi connectivity index (χ0v) is 13.3. The SMILES string of the molecule is NCc1ccc2c(c1)NC(=O)CO2.O=C(O)c1cc2ccccc2[nH]1. The van der Waals surface area contributed by atoms with Crippen LogP contribution in [0.25, 0.3) is 10.9 Å². The van der Waals surface area contributed by atoms with Crippen molar-refractivity contribution in [2.45, 2.75) is 6.54 Å². The maximum atomic E-state index is 11.0. The molecule has 1 aliphatic heterocycles. The van der Waals surface area contributed by atoms with E-state index in [9.17, 15) is 9.59 Å². The highest BCUT2D eigenvalue weighted by Gasteiger charge is 2.15. The molecule has 7 nitrogen and oxygen atoms in total. The van der Waals surface area contributed by atoms with Gasteiger partial charge in [-0.15, -0.1) is 0 Å². The summed E-state index contributed by atoms with van der Waals surface area (Å²) in [7, 11) is 0. The van der Waals surface area contributed by atoms with Crippen LogP contribution in [-0.4, -0.2) is 28.6 Å². The number of fused-ring (bicyclic) bond motifs is 2. The van der Waals surface area contributed by atoms with Crippen LogP contribution in [0.5, 0.6) is 5.75 Å². The van der Waals surface area contributed by atoms with Gasteiger partial charge in [0.05, 0.1) is 5.69 Å².